The highest BCUT2D eigenvalue weighted by atomic mass is 16.1. The molecule has 0 aromatic carbocycles. The molecule has 0 saturated heterocycles. The summed E-state index contributed by atoms with van der Waals surface area (Å²) >= 11 is 0. The number of hydrogen-bond acceptors (Lipinski definition) is 3. The first-order valence-electron chi connectivity index (χ1n) is 6.98. The van der Waals surface area contributed by atoms with E-state index in [4.69, 9.17) is 0 Å². The molecular weight excluding hydrogens is 266 g/mol. The van der Waals surface area contributed by atoms with Gasteiger partial charge in [-0.1, -0.05) is 0 Å². The largest absolute Gasteiger partial charge is 0.348 e. The Labute approximate surface area is 124 Å². The van der Waals surface area contributed by atoms with Crippen LogP contribution in [0.15, 0.2) is 18.5 Å². The molecule has 0 aliphatic heterocycles. The molecule has 0 spiro atoms. The molecule has 1 amide bonds. The smallest absolute Gasteiger partial charge is 0.244 e. The fraction of sp³-hybridized carbons (Fsp3) is 0.400. The van der Waals surface area contributed by atoms with Gasteiger partial charge in [-0.15, -0.1) is 0 Å². The average Bonchev–Trinajstić information content (AvgIpc) is 3.01. The van der Waals surface area contributed by atoms with Crippen LogP contribution in [0.4, 0.5) is 0 Å². The third kappa shape index (κ3) is 3.59. The van der Waals surface area contributed by atoms with Gasteiger partial charge in [0.25, 0.3) is 0 Å². The van der Waals surface area contributed by atoms with Crippen LogP contribution in [0.3, 0.4) is 0 Å². The van der Waals surface area contributed by atoms with Gasteiger partial charge in [-0.25, -0.2) is 0 Å². The molecule has 2 heterocycles. The van der Waals surface area contributed by atoms with Gasteiger partial charge in [0.15, 0.2) is 0 Å². The predicted molar refractivity (Wildman–Crippen MR) is 81.5 cm³/mol. The maximum Gasteiger partial charge on any atom is 0.244 e. The van der Waals surface area contributed by atoms with Crippen molar-refractivity contribution in [3.63, 3.8) is 0 Å². The zero-order valence-electron chi connectivity index (χ0n) is 12.9. The summed E-state index contributed by atoms with van der Waals surface area (Å²) < 4.78 is 3.64. The van der Waals surface area contributed by atoms with E-state index in [2.05, 4.69) is 15.5 Å². The number of nitrogens with one attached hydrogen (secondary N) is 1. The quantitative estimate of drug-likeness (QED) is 0.849. The van der Waals surface area contributed by atoms with Crippen molar-refractivity contribution in [2.24, 2.45) is 7.05 Å². The van der Waals surface area contributed by atoms with E-state index >= 15 is 0 Å². The molecule has 112 valence electrons. The molecule has 21 heavy (non-hydrogen) atoms. The molecule has 2 rings (SSSR count). The number of aromatic nitrogens is 4. The number of carbonyl (C=O) groups excluding carboxylic acids is 1. The average molecular weight is 287 g/mol. The van der Waals surface area contributed by atoms with Crippen LogP contribution in [0.2, 0.25) is 0 Å². The molecule has 0 radical (unpaired) electrons. The van der Waals surface area contributed by atoms with Crippen LogP contribution >= 0.6 is 0 Å². The third-order valence-electron chi connectivity index (χ3n) is 3.50. The highest BCUT2D eigenvalue weighted by molar-refractivity contribution is 5.91. The summed E-state index contributed by atoms with van der Waals surface area (Å²) in [5, 5.41) is 11.4. The van der Waals surface area contributed by atoms with E-state index in [1.807, 2.05) is 43.4 Å². The molecule has 6 nitrogen and oxygen atoms in total. The van der Waals surface area contributed by atoms with Gasteiger partial charge in [0, 0.05) is 49.2 Å². The zero-order chi connectivity index (χ0) is 15.4. The van der Waals surface area contributed by atoms with Crippen molar-refractivity contribution in [2.75, 3.05) is 0 Å². The van der Waals surface area contributed by atoms with Crippen LogP contribution in [-0.4, -0.2) is 25.5 Å². The first kappa shape index (κ1) is 15.0. The van der Waals surface area contributed by atoms with Crippen molar-refractivity contribution < 1.29 is 4.79 Å². The van der Waals surface area contributed by atoms with Gasteiger partial charge in [-0.05, 0) is 26.8 Å². The molecule has 2 aromatic heterocycles. The molecule has 0 unspecified atom stereocenters. The highest BCUT2D eigenvalue weighted by Gasteiger charge is 2.09. The highest BCUT2D eigenvalue weighted by Crippen LogP contribution is 2.11. The van der Waals surface area contributed by atoms with E-state index in [0.29, 0.717) is 6.54 Å². The number of nitrogens with zero attached hydrogens (tertiary/aromatic N) is 4. The van der Waals surface area contributed by atoms with Gasteiger partial charge in [0.2, 0.25) is 5.91 Å². The zero-order valence-corrected chi connectivity index (χ0v) is 12.9. The van der Waals surface area contributed by atoms with E-state index < -0.39 is 0 Å². The van der Waals surface area contributed by atoms with Crippen LogP contribution in [0.1, 0.15) is 29.4 Å². The SMILES string of the molecule is CCn1cc(/C=C/C(=O)NCc2c(C)nn(C)c2C)cn1. The summed E-state index contributed by atoms with van der Waals surface area (Å²) in [6, 6.07) is 0. The number of amides is 1. The van der Waals surface area contributed by atoms with Crippen LogP contribution in [0, 0.1) is 13.8 Å². The summed E-state index contributed by atoms with van der Waals surface area (Å²) in [5.74, 6) is -0.123. The van der Waals surface area contributed by atoms with Crippen LogP contribution in [0.25, 0.3) is 6.08 Å². The van der Waals surface area contributed by atoms with Crippen LogP contribution in [0.5, 0.6) is 0 Å². The summed E-state index contributed by atoms with van der Waals surface area (Å²) in [6.45, 7) is 7.27. The fourth-order valence-corrected chi connectivity index (χ4v) is 2.12. The van der Waals surface area contributed by atoms with Crippen LogP contribution < -0.4 is 5.32 Å². The molecule has 0 fully saturated rings. The van der Waals surface area contributed by atoms with E-state index in [9.17, 15) is 4.79 Å². The molecular formula is C15H21N5O. The van der Waals surface area contributed by atoms with E-state index in [1.165, 1.54) is 6.08 Å². The van der Waals surface area contributed by atoms with Gasteiger partial charge >= 0.3 is 0 Å². The Hall–Kier alpha value is -2.37. The summed E-state index contributed by atoms with van der Waals surface area (Å²) in [4.78, 5) is 11.8. The second kappa shape index (κ2) is 6.39. The number of hydrogen-bond donors (Lipinski definition) is 1. The molecule has 0 atom stereocenters. The first-order chi connectivity index (χ1) is 10.0. The Morgan fingerprint density at radius 1 is 1.43 bits per heavy atom. The summed E-state index contributed by atoms with van der Waals surface area (Å²) in [5.41, 5.74) is 4.00. The van der Waals surface area contributed by atoms with Gasteiger partial charge in [0.05, 0.1) is 11.9 Å². The third-order valence-corrected chi connectivity index (χ3v) is 3.50. The van der Waals surface area contributed by atoms with Crippen LogP contribution in [-0.2, 0) is 24.9 Å². The maximum atomic E-state index is 11.8. The fourth-order valence-electron chi connectivity index (χ4n) is 2.12. The van der Waals surface area contributed by atoms with Gasteiger partial charge < -0.3 is 5.32 Å². The second-order valence-electron chi connectivity index (χ2n) is 4.95. The van der Waals surface area contributed by atoms with Crippen molar-refractivity contribution in [2.45, 2.75) is 33.9 Å². The van der Waals surface area contributed by atoms with E-state index in [-0.39, 0.29) is 5.91 Å². The maximum absolute atomic E-state index is 11.8. The molecule has 0 aliphatic carbocycles. The topological polar surface area (TPSA) is 64.7 Å². The first-order valence-corrected chi connectivity index (χ1v) is 6.98. The Kier molecular flexibility index (Phi) is 4.57. The minimum atomic E-state index is -0.123. The summed E-state index contributed by atoms with van der Waals surface area (Å²) in [7, 11) is 1.90. The Bertz CT molecular complexity index is 666. The van der Waals surface area contributed by atoms with Crippen molar-refractivity contribution in [3.8, 4) is 0 Å². The van der Waals surface area contributed by atoms with Gasteiger partial charge in [-0.2, -0.15) is 10.2 Å². The lowest BCUT2D eigenvalue weighted by Gasteiger charge is -2.03. The second-order valence-corrected chi connectivity index (χ2v) is 4.95. The number of rotatable bonds is 5. The van der Waals surface area contributed by atoms with Crippen molar-refractivity contribution >= 4 is 12.0 Å². The minimum absolute atomic E-state index is 0.123. The lowest BCUT2D eigenvalue weighted by Crippen LogP contribution is -2.21. The lowest BCUT2D eigenvalue weighted by atomic mass is 10.2. The standard InChI is InChI=1S/C15H21N5O/c1-5-20-10-13(8-17-20)6-7-15(21)16-9-14-11(2)18-19(4)12(14)3/h6-8,10H,5,9H2,1-4H3,(H,16,21)/b7-6+. The summed E-state index contributed by atoms with van der Waals surface area (Å²) in [6.07, 6.45) is 6.93. The Morgan fingerprint density at radius 2 is 2.19 bits per heavy atom. The Balaban J connectivity index is 1.93. The minimum Gasteiger partial charge on any atom is -0.348 e. The van der Waals surface area contributed by atoms with Crippen molar-refractivity contribution in [1.29, 1.82) is 0 Å². The molecule has 0 aliphatic rings. The van der Waals surface area contributed by atoms with Gasteiger partial charge in [-0.3, -0.25) is 14.2 Å². The van der Waals surface area contributed by atoms with E-state index in [0.717, 1.165) is 29.1 Å². The monoisotopic (exact) mass is 287 g/mol. The van der Waals surface area contributed by atoms with Crippen molar-refractivity contribution in [3.05, 3.63) is 41.0 Å². The number of carbonyl (C=O) groups is 1. The number of aryl methyl sites for hydroxylation is 3. The normalized spacial score (nSPS) is 11.2. The molecule has 0 saturated carbocycles. The predicted octanol–water partition coefficient (Wildman–Crippen LogP) is 1.58. The van der Waals surface area contributed by atoms with Crippen molar-refractivity contribution in [1.82, 2.24) is 24.9 Å². The molecule has 6 heteroatoms. The van der Waals surface area contributed by atoms with E-state index in [1.54, 1.807) is 12.3 Å². The van der Waals surface area contributed by atoms with Gasteiger partial charge in [0.1, 0.15) is 0 Å². The Morgan fingerprint density at radius 3 is 2.76 bits per heavy atom. The molecule has 1 N–H and O–H groups in total. The molecule has 0 bridgehead atoms. The molecule has 2 aromatic rings. The lowest BCUT2D eigenvalue weighted by molar-refractivity contribution is -0.116.